The van der Waals surface area contributed by atoms with E-state index in [4.69, 9.17) is 11.6 Å². The molecule has 1 aromatic rings. The average molecular weight is 312 g/mol. The number of piperidine rings is 1. The van der Waals surface area contributed by atoms with Crippen LogP contribution in [0.5, 0.6) is 5.75 Å². The second-order valence-electron chi connectivity index (χ2n) is 5.99. The van der Waals surface area contributed by atoms with Crippen LogP contribution in [0.15, 0.2) is 18.2 Å². The number of hydrogen-bond donors (Lipinski definition) is 2. The van der Waals surface area contributed by atoms with E-state index < -0.39 is 23.3 Å². The summed E-state index contributed by atoms with van der Waals surface area (Å²) in [5, 5.41) is 19.7. The Morgan fingerprint density at radius 1 is 1.38 bits per heavy atom. The van der Waals surface area contributed by atoms with Gasteiger partial charge >= 0.3 is 5.97 Å². The van der Waals surface area contributed by atoms with Gasteiger partial charge in [-0.2, -0.15) is 0 Å². The number of hydrogen-bond acceptors (Lipinski definition) is 3. The number of benzene rings is 1. The molecule has 1 amide bonds. The number of carboxylic acids is 1. The third-order valence-corrected chi connectivity index (χ3v) is 4.19. The van der Waals surface area contributed by atoms with E-state index in [9.17, 15) is 19.8 Å². The summed E-state index contributed by atoms with van der Waals surface area (Å²) < 4.78 is 0. The van der Waals surface area contributed by atoms with Crippen molar-refractivity contribution in [1.29, 1.82) is 0 Å². The van der Waals surface area contributed by atoms with Gasteiger partial charge in [0.15, 0.2) is 0 Å². The zero-order valence-corrected chi connectivity index (χ0v) is 12.7. The number of aromatic hydroxyl groups is 1. The molecule has 1 unspecified atom stereocenters. The lowest BCUT2D eigenvalue weighted by Gasteiger charge is -2.44. The molecule has 0 spiro atoms. The number of phenolic OH excluding ortho intramolecular Hbond substituents is 1. The highest BCUT2D eigenvalue weighted by Crippen LogP contribution is 2.37. The van der Waals surface area contributed by atoms with Gasteiger partial charge in [-0.25, -0.2) is 4.79 Å². The second-order valence-corrected chi connectivity index (χ2v) is 6.43. The number of aliphatic carboxylic acids is 1. The molecule has 1 fully saturated rings. The molecular weight excluding hydrogens is 294 g/mol. The summed E-state index contributed by atoms with van der Waals surface area (Å²) in [6, 6.07) is 3.29. The molecule has 1 aromatic carbocycles. The Kier molecular flexibility index (Phi) is 4.14. The molecule has 1 aliphatic rings. The second kappa shape index (κ2) is 5.56. The van der Waals surface area contributed by atoms with E-state index in [-0.39, 0.29) is 11.3 Å². The van der Waals surface area contributed by atoms with Crippen molar-refractivity contribution in [3.05, 3.63) is 28.8 Å². The Labute approximate surface area is 128 Å². The fourth-order valence-corrected chi connectivity index (χ4v) is 3.09. The van der Waals surface area contributed by atoms with Crippen molar-refractivity contribution >= 4 is 23.5 Å². The largest absolute Gasteiger partial charge is 0.507 e. The van der Waals surface area contributed by atoms with Crippen LogP contribution in [0, 0.1) is 5.41 Å². The summed E-state index contributed by atoms with van der Waals surface area (Å²) >= 11 is 5.75. The van der Waals surface area contributed by atoms with E-state index in [0.29, 0.717) is 11.6 Å². The van der Waals surface area contributed by atoms with Crippen LogP contribution in [-0.4, -0.2) is 39.6 Å². The minimum atomic E-state index is -1.03. The molecule has 114 valence electrons. The van der Waals surface area contributed by atoms with Crippen molar-refractivity contribution in [3.63, 3.8) is 0 Å². The number of phenols is 1. The van der Waals surface area contributed by atoms with Crippen LogP contribution in [-0.2, 0) is 4.79 Å². The van der Waals surface area contributed by atoms with Crippen LogP contribution < -0.4 is 0 Å². The molecule has 0 saturated carbocycles. The third kappa shape index (κ3) is 2.97. The lowest BCUT2D eigenvalue weighted by Crippen LogP contribution is -2.56. The Morgan fingerprint density at radius 3 is 2.62 bits per heavy atom. The molecular formula is C15H18ClNO4. The third-order valence-electron chi connectivity index (χ3n) is 3.96. The average Bonchev–Trinajstić information content (AvgIpc) is 2.36. The molecule has 1 saturated heterocycles. The lowest BCUT2D eigenvalue weighted by atomic mass is 9.76. The van der Waals surface area contributed by atoms with Crippen molar-refractivity contribution in [3.8, 4) is 5.75 Å². The van der Waals surface area contributed by atoms with Crippen LogP contribution in [0.2, 0.25) is 5.02 Å². The minimum Gasteiger partial charge on any atom is -0.507 e. The first-order valence-corrected chi connectivity index (χ1v) is 7.14. The van der Waals surface area contributed by atoms with E-state index >= 15 is 0 Å². The first kappa shape index (κ1) is 15.6. The highest BCUT2D eigenvalue weighted by molar-refractivity contribution is 6.30. The molecule has 2 rings (SSSR count). The summed E-state index contributed by atoms with van der Waals surface area (Å²) in [4.78, 5) is 25.5. The lowest BCUT2D eigenvalue weighted by molar-refractivity contribution is -0.148. The highest BCUT2D eigenvalue weighted by atomic mass is 35.5. The molecule has 0 radical (unpaired) electrons. The van der Waals surface area contributed by atoms with Crippen LogP contribution in [0.1, 0.15) is 37.0 Å². The van der Waals surface area contributed by atoms with Crippen LogP contribution in [0.3, 0.4) is 0 Å². The number of carboxylic acid groups (broad SMARTS) is 1. The molecule has 2 N–H and O–H groups in total. The van der Waals surface area contributed by atoms with Crippen LogP contribution in [0.25, 0.3) is 0 Å². The summed E-state index contributed by atoms with van der Waals surface area (Å²) in [5.74, 6) is -1.74. The maximum absolute atomic E-state index is 12.6. The van der Waals surface area contributed by atoms with Crippen molar-refractivity contribution in [2.45, 2.75) is 32.7 Å². The maximum Gasteiger partial charge on any atom is 0.326 e. The predicted molar refractivity (Wildman–Crippen MR) is 78.6 cm³/mol. The van der Waals surface area contributed by atoms with E-state index in [0.717, 1.165) is 12.8 Å². The van der Waals surface area contributed by atoms with Gasteiger partial charge in [0.1, 0.15) is 11.8 Å². The molecule has 0 aliphatic carbocycles. The van der Waals surface area contributed by atoms with Gasteiger partial charge in [-0.1, -0.05) is 25.4 Å². The topological polar surface area (TPSA) is 77.8 Å². The van der Waals surface area contributed by atoms with Gasteiger partial charge in [0, 0.05) is 11.6 Å². The van der Waals surface area contributed by atoms with Crippen molar-refractivity contribution in [1.82, 2.24) is 4.90 Å². The zero-order valence-electron chi connectivity index (χ0n) is 12.0. The minimum absolute atomic E-state index is 0.0725. The molecule has 6 heteroatoms. The first-order chi connectivity index (χ1) is 9.74. The number of carbonyl (C=O) groups excluding carboxylic acids is 1. The Bertz CT molecular complexity index is 585. The Hall–Kier alpha value is -1.75. The van der Waals surface area contributed by atoms with E-state index in [1.807, 2.05) is 13.8 Å². The Balaban J connectivity index is 2.38. The summed E-state index contributed by atoms with van der Waals surface area (Å²) in [7, 11) is 0. The van der Waals surface area contributed by atoms with Crippen molar-refractivity contribution in [2.24, 2.45) is 5.41 Å². The predicted octanol–water partition coefficient (Wildman–Crippen LogP) is 2.76. The van der Waals surface area contributed by atoms with Gasteiger partial charge < -0.3 is 15.1 Å². The van der Waals surface area contributed by atoms with E-state index in [1.165, 1.54) is 23.1 Å². The molecule has 1 atom stereocenters. The number of rotatable bonds is 2. The monoisotopic (exact) mass is 311 g/mol. The van der Waals surface area contributed by atoms with Crippen LogP contribution >= 0.6 is 11.6 Å². The smallest absolute Gasteiger partial charge is 0.326 e. The van der Waals surface area contributed by atoms with Crippen molar-refractivity contribution in [2.75, 3.05) is 6.54 Å². The quantitative estimate of drug-likeness (QED) is 0.880. The van der Waals surface area contributed by atoms with Gasteiger partial charge in [-0.05, 0) is 36.5 Å². The number of amides is 1. The zero-order chi connectivity index (χ0) is 15.8. The summed E-state index contributed by atoms with van der Waals surface area (Å²) in [5.41, 5.74) is -0.440. The standard InChI is InChI=1S/C15H18ClNO4/c1-15(2)6-3-7-17(12(15)14(20)21)13(19)10-5-4-9(16)8-11(10)18/h4-5,8,12,18H,3,6-7H2,1-2H3,(H,20,21). The van der Waals surface area contributed by atoms with Crippen LogP contribution in [0.4, 0.5) is 0 Å². The number of carbonyl (C=O) groups is 2. The molecule has 1 aliphatic heterocycles. The van der Waals surface area contributed by atoms with E-state index in [2.05, 4.69) is 0 Å². The molecule has 5 nitrogen and oxygen atoms in total. The van der Waals surface area contributed by atoms with Gasteiger partial charge in [0.2, 0.25) is 0 Å². The Morgan fingerprint density at radius 2 is 2.05 bits per heavy atom. The first-order valence-electron chi connectivity index (χ1n) is 6.76. The summed E-state index contributed by atoms with van der Waals surface area (Å²) in [6.07, 6.45) is 1.47. The maximum atomic E-state index is 12.6. The molecule has 1 heterocycles. The molecule has 0 aromatic heterocycles. The molecule has 21 heavy (non-hydrogen) atoms. The van der Waals surface area contributed by atoms with Crippen molar-refractivity contribution < 1.29 is 19.8 Å². The number of likely N-dealkylation sites (tertiary alicyclic amines) is 1. The van der Waals surface area contributed by atoms with Gasteiger partial charge in [0.05, 0.1) is 5.56 Å². The van der Waals surface area contributed by atoms with Gasteiger partial charge in [0.25, 0.3) is 5.91 Å². The van der Waals surface area contributed by atoms with Gasteiger partial charge in [-0.15, -0.1) is 0 Å². The number of halogens is 1. The van der Waals surface area contributed by atoms with Gasteiger partial charge in [-0.3, -0.25) is 4.79 Å². The molecule has 0 bridgehead atoms. The fourth-order valence-electron chi connectivity index (χ4n) is 2.92. The normalized spacial score (nSPS) is 21.1. The highest BCUT2D eigenvalue weighted by Gasteiger charge is 2.45. The fraction of sp³-hybridized carbons (Fsp3) is 0.467. The SMILES string of the molecule is CC1(C)CCCN(C(=O)c2ccc(Cl)cc2O)C1C(=O)O. The van der Waals surface area contributed by atoms with E-state index in [1.54, 1.807) is 0 Å². The summed E-state index contributed by atoms with van der Waals surface area (Å²) in [6.45, 7) is 4.04. The number of nitrogens with zero attached hydrogens (tertiary/aromatic N) is 1.